The van der Waals surface area contributed by atoms with Gasteiger partial charge in [0.1, 0.15) is 6.04 Å². The van der Waals surface area contributed by atoms with Gasteiger partial charge in [0.2, 0.25) is 0 Å². The molecule has 0 aliphatic carbocycles. The van der Waals surface area contributed by atoms with E-state index >= 15 is 0 Å². The first-order valence-corrected chi connectivity index (χ1v) is 7.72. The number of hydrogen-bond donors (Lipinski definition) is 3. The maximum absolute atomic E-state index is 12.0. The Bertz CT molecular complexity index is 482. The van der Waals surface area contributed by atoms with Crippen molar-refractivity contribution in [3.05, 3.63) is 28.2 Å². The Morgan fingerprint density at radius 2 is 2.21 bits per heavy atom. The van der Waals surface area contributed by atoms with E-state index in [4.69, 9.17) is 10.8 Å². The highest BCUT2D eigenvalue weighted by Crippen LogP contribution is 2.19. The molecule has 1 aromatic carbocycles. The van der Waals surface area contributed by atoms with E-state index < -0.39 is 17.9 Å². The number of hydrogen-bond acceptors (Lipinski definition) is 4. The molecule has 0 heterocycles. The summed E-state index contributed by atoms with van der Waals surface area (Å²) in [5.74, 6) is -0.829. The van der Waals surface area contributed by atoms with Crippen LogP contribution >= 0.6 is 27.7 Å². The number of anilines is 1. The molecular formula is C12H15BrN2O3S. The number of benzene rings is 1. The average molecular weight is 347 g/mol. The lowest BCUT2D eigenvalue weighted by Crippen LogP contribution is -2.41. The number of amides is 1. The van der Waals surface area contributed by atoms with E-state index in [2.05, 4.69) is 21.2 Å². The van der Waals surface area contributed by atoms with Crippen LogP contribution in [-0.2, 0) is 4.79 Å². The van der Waals surface area contributed by atoms with Crippen molar-refractivity contribution >= 4 is 45.3 Å². The molecular weight excluding hydrogens is 332 g/mol. The quantitative estimate of drug-likeness (QED) is 0.684. The number of nitrogen functional groups attached to an aromatic ring is 1. The maximum Gasteiger partial charge on any atom is 0.326 e. The van der Waals surface area contributed by atoms with Crippen LogP contribution in [0.2, 0.25) is 0 Å². The topological polar surface area (TPSA) is 92.4 Å². The van der Waals surface area contributed by atoms with Crippen molar-refractivity contribution in [2.45, 2.75) is 12.5 Å². The minimum Gasteiger partial charge on any atom is -0.480 e. The fourth-order valence-corrected chi connectivity index (χ4v) is 2.34. The number of carboxylic acids is 1. The standard InChI is InChI=1S/C12H15BrN2O3S/c1-19-5-4-10(12(17)18)15-11(16)8-6-7(14)2-3-9(8)13/h2-3,6,10H,4-5,14H2,1H3,(H,15,16)(H,17,18)/t10-/m0/s1. The zero-order valence-corrected chi connectivity index (χ0v) is 12.8. The molecule has 0 unspecified atom stereocenters. The first kappa shape index (κ1) is 15.8. The molecule has 104 valence electrons. The summed E-state index contributed by atoms with van der Waals surface area (Å²) in [4.78, 5) is 23.1. The van der Waals surface area contributed by atoms with Gasteiger partial charge in [-0.25, -0.2) is 4.79 Å². The Hall–Kier alpha value is -1.21. The summed E-state index contributed by atoms with van der Waals surface area (Å²) in [5, 5.41) is 11.6. The van der Waals surface area contributed by atoms with E-state index in [1.54, 1.807) is 12.1 Å². The second kappa shape index (κ2) is 7.40. The SMILES string of the molecule is CSCC[C@H](NC(=O)c1cc(N)ccc1Br)C(=O)O. The van der Waals surface area contributed by atoms with Gasteiger partial charge in [-0.05, 0) is 52.6 Å². The van der Waals surface area contributed by atoms with Crippen molar-refractivity contribution in [3.63, 3.8) is 0 Å². The van der Waals surface area contributed by atoms with Gasteiger partial charge in [-0.2, -0.15) is 11.8 Å². The molecule has 0 saturated heterocycles. The van der Waals surface area contributed by atoms with Crippen LogP contribution in [0.5, 0.6) is 0 Å². The second-order valence-electron chi connectivity index (χ2n) is 3.89. The van der Waals surface area contributed by atoms with Gasteiger partial charge < -0.3 is 16.2 Å². The lowest BCUT2D eigenvalue weighted by atomic mass is 10.1. The van der Waals surface area contributed by atoms with Crippen molar-refractivity contribution in [2.24, 2.45) is 0 Å². The maximum atomic E-state index is 12.0. The number of thioether (sulfide) groups is 1. The smallest absolute Gasteiger partial charge is 0.326 e. The highest BCUT2D eigenvalue weighted by Gasteiger charge is 2.21. The van der Waals surface area contributed by atoms with Crippen molar-refractivity contribution < 1.29 is 14.7 Å². The minimum absolute atomic E-state index is 0.329. The third-order valence-electron chi connectivity index (χ3n) is 2.45. The van der Waals surface area contributed by atoms with E-state index in [1.807, 2.05) is 6.26 Å². The van der Waals surface area contributed by atoms with Gasteiger partial charge in [0.25, 0.3) is 5.91 Å². The number of carboxylic acid groups (broad SMARTS) is 1. The predicted molar refractivity (Wildman–Crippen MR) is 80.4 cm³/mol. The second-order valence-corrected chi connectivity index (χ2v) is 5.72. The lowest BCUT2D eigenvalue weighted by molar-refractivity contribution is -0.139. The Kier molecular flexibility index (Phi) is 6.17. The number of rotatable bonds is 6. The number of carbonyl (C=O) groups excluding carboxylic acids is 1. The summed E-state index contributed by atoms with van der Waals surface area (Å²) >= 11 is 4.77. The third-order valence-corrected chi connectivity index (χ3v) is 3.78. The fraction of sp³-hybridized carbons (Fsp3) is 0.333. The van der Waals surface area contributed by atoms with Gasteiger partial charge in [0.15, 0.2) is 0 Å². The van der Waals surface area contributed by atoms with E-state index in [1.165, 1.54) is 17.8 Å². The van der Waals surface area contributed by atoms with Crippen LogP contribution in [0.4, 0.5) is 5.69 Å². The molecule has 1 rings (SSSR count). The zero-order valence-electron chi connectivity index (χ0n) is 10.4. The Morgan fingerprint density at radius 1 is 1.53 bits per heavy atom. The van der Waals surface area contributed by atoms with Crippen LogP contribution < -0.4 is 11.1 Å². The number of aliphatic carboxylic acids is 1. The normalized spacial score (nSPS) is 11.9. The third kappa shape index (κ3) is 4.76. The lowest BCUT2D eigenvalue weighted by Gasteiger charge is -2.14. The predicted octanol–water partition coefficient (Wildman–Crippen LogP) is 1.97. The number of nitrogens with one attached hydrogen (secondary N) is 1. The highest BCUT2D eigenvalue weighted by atomic mass is 79.9. The van der Waals surface area contributed by atoms with E-state index in [0.29, 0.717) is 27.9 Å². The first-order chi connectivity index (χ1) is 8.95. The van der Waals surface area contributed by atoms with Gasteiger partial charge in [0.05, 0.1) is 5.56 Å². The van der Waals surface area contributed by atoms with Crippen molar-refractivity contribution in [1.29, 1.82) is 0 Å². The van der Waals surface area contributed by atoms with Crippen molar-refractivity contribution in [2.75, 3.05) is 17.7 Å². The molecule has 0 fully saturated rings. The molecule has 1 aromatic rings. The summed E-state index contributed by atoms with van der Waals surface area (Å²) in [5.41, 5.74) is 6.39. The molecule has 7 heteroatoms. The molecule has 0 aliphatic heterocycles. The van der Waals surface area contributed by atoms with Gasteiger partial charge in [0, 0.05) is 10.2 Å². The molecule has 0 aliphatic rings. The average Bonchev–Trinajstić information content (AvgIpc) is 2.36. The zero-order chi connectivity index (χ0) is 14.4. The van der Waals surface area contributed by atoms with Gasteiger partial charge in [-0.3, -0.25) is 4.79 Å². The molecule has 1 amide bonds. The molecule has 0 aromatic heterocycles. The summed E-state index contributed by atoms with van der Waals surface area (Å²) in [6.45, 7) is 0. The number of halogens is 1. The largest absolute Gasteiger partial charge is 0.480 e. The van der Waals surface area contributed by atoms with Crippen LogP contribution in [0.15, 0.2) is 22.7 Å². The molecule has 4 N–H and O–H groups in total. The monoisotopic (exact) mass is 346 g/mol. The molecule has 0 saturated carbocycles. The molecule has 5 nitrogen and oxygen atoms in total. The Balaban J connectivity index is 2.81. The summed E-state index contributed by atoms with van der Waals surface area (Å²) < 4.78 is 0.577. The van der Waals surface area contributed by atoms with Crippen LogP contribution in [0.25, 0.3) is 0 Å². The van der Waals surface area contributed by atoms with Crippen LogP contribution in [0, 0.1) is 0 Å². The Labute approximate surface area is 124 Å². The molecule has 0 spiro atoms. The van der Waals surface area contributed by atoms with Crippen molar-refractivity contribution in [1.82, 2.24) is 5.32 Å². The molecule has 19 heavy (non-hydrogen) atoms. The van der Waals surface area contributed by atoms with Crippen LogP contribution in [0.3, 0.4) is 0 Å². The summed E-state index contributed by atoms with van der Waals surface area (Å²) in [6.07, 6.45) is 2.26. The van der Waals surface area contributed by atoms with E-state index in [-0.39, 0.29) is 0 Å². The van der Waals surface area contributed by atoms with Gasteiger partial charge >= 0.3 is 5.97 Å². The Morgan fingerprint density at radius 3 is 2.79 bits per heavy atom. The fourth-order valence-electron chi connectivity index (χ4n) is 1.45. The molecule has 0 bridgehead atoms. The molecule has 0 radical (unpaired) electrons. The number of nitrogens with two attached hydrogens (primary N) is 1. The summed E-state index contributed by atoms with van der Waals surface area (Å²) in [6, 6.07) is 3.92. The summed E-state index contributed by atoms with van der Waals surface area (Å²) in [7, 11) is 0. The van der Waals surface area contributed by atoms with E-state index in [9.17, 15) is 9.59 Å². The van der Waals surface area contributed by atoms with Crippen LogP contribution in [0.1, 0.15) is 16.8 Å². The van der Waals surface area contributed by atoms with Crippen LogP contribution in [-0.4, -0.2) is 35.0 Å². The minimum atomic E-state index is -1.04. The van der Waals surface area contributed by atoms with Crippen molar-refractivity contribution in [3.8, 4) is 0 Å². The van der Waals surface area contributed by atoms with E-state index in [0.717, 1.165) is 0 Å². The van der Waals surface area contributed by atoms with Gasteiger partial charge in [-0.1, -0.05) is 0 Å². The van der Waals surface area contributed by atoms with Gasteiger partial charge in [-0.15, -0.1) is 0 Å². The first-order valence-electron chi connectivity index (χ1n) is 5.53. The highest BCUT2D eigenvalue weighted by molar-refractivity contribution is 9.10. The number of carbonyl (C=O) groups is 2. The molecule has 1 atom stereocenters.